The van der Waals surface area contributed by atoms with Crippen LogP contribution in [-0.2, 0) is 14.3 Å². The van der Waals surface area contributed by atoms with Crippen LogP contribution in [0.25, 0.3) is 6.08 Å². The third-order valence-corrected chi connectivity index (χ3v) is 3.93. The first kappa shape index (κ1) is 21.7. The predicted octanol–water partition coefficient (Wildman–Crippen LogP) is 3.44. The van der Waals surface area contributed by atoms with Gasteiger partial charge in [-0.25, -0.2) is 9.18 Å². The average molecular weight is 403 g/mol. The fourth-order valence-electron chi connectivity index (χ4n) is 2.40. The average Bonchev–Trinajstić information content (AvgIpc) is 2.72. The molecule has 7 nitrogen and oxygen atoms in total. The number of anilines is 1. The highest BCUT2D eigenvalue weighted by Crippen LogP contribution is 2.35. The molecule has 0 aromatic heterocycles. The lowest BCUT2D eigenvalue weighted by atomic mass is 10.1. The smallest absolute Gasteiger partial charge is 0.331 e. The number of halogens is 1. The number of amides is 1. The van der Waals surface area contributed by atoms with Gasteiger partial charge in [0.1, 0.15) is 11.6 Å². The van der Waals surface area contributed by atoms with E-state index in [0.29, 0.717) is 22.8 Å². The molecule has 2 aromatic carbocycles. The van der Waals surface area contributed by atoms with Gasteiger partial charge in [-0.15, -0.1) is 0 Å². The molecule has 8 heteroatoms. The topological polar surface area (TPSA) is 83.1 Å². The summed E-state index contributed by atoms with van der Waals surface area (Å²) in [5.74, 6) is -0.600. The summed E-state index contributed by atoms with van der Waals surface area (Å²) in [7, 11) is 4.46. The van der Waals surface area contributed by atoms with Crippen molar-refractivity contribution in [3.63, 3.8) is 0 Å². The second-order valence-corrected chi connectivity index (χ2v) is 5.83. The van der Waals surface area contributed by atoms with Gasteiger partial charge in [0.05, 0.1) is 27.0 Å². The van der Waals surface area contributed by atoms with Crippen molar-refractivity contribution >= 4 is 23.6 Å². The molecule has 0 aliphatic rings. The van der Waals surface area contributed by atoms with Crippen LogP contribution in [0, 0.1) is 5.82 Å². The number of esters is 1. The molecule has 0 bridgehead atoms. The van der Waals surface area contributed by atoms with Crippen molar-refractivity contribution in [3.05, 3.63) is 53.9 Å². The summed E-state index contributed by atoms with van der Waals surface area (Å²) in [5.41, 5.74) is 0.552. The van der Waals surface area contributed by atoms with E-state index in [-0.39, 0.29) is 5.69 Å². The van der Waals surface area contributed by atoms with Gasteiger partial charge in [-0.1, -0.05) is 12.1 Å². The normalized spacial score (nSPS) is 11.6. The van der Waals surface area contributed by atoms with Crippen LogP contribution >= 0.6 is 0 Å². The lowest BCUT2D eigenvalue weighted by Gasteiger charge is -2.13. The lowest BCUT2D eigenvalue weighted by molar-refractivity contribution is -0.148. The van der Waals surface area contributed by atoms with Crippen LogP contribution in [0.15, 0.2) is 42.5 Å². The Morgan fingerprint density at radius 3 is 2.24 bits per heavy atom. The van der Waals surface area contributed by atoms with Gasteiger partial charge in [-0.2, -0.15) is 0 Å². The van der Waals surface area contributed by atoms with E-state index in [1.165, 1.54) is 52.5 Å². The van der Waals surface area contributed by atoms with E-state index >= 15 is 0 Å². The maximum Gasteiger partial charge on any atom is 0.331 e. The highest BCUT2D eigenvalue weighted by Gasteiger charge is 2.18. The van der Waals surface area contributed by atoms with Crippen molar-refractivity contribution in [1.29, 1.82) is 0 Å². The first-order valence-electron chi connectivity index (χ1n) is 8.63. The van der Waals surface area contributed by atoms with Crippen molar-refractivity contribution in [2.75, 3.05) is 26.6 Å². The Morgan fingerprint density at radius 1 is 1.00 bits per heavy atom. The molecule has 2 rings (SSSR count). The molecule has 1 N–H and O–H groups in total. The Kier molecular flexibility index (Phi) is 7.59. The van der Waals surface area contributed by atoms with Crippen LogP contribution < -0.4 is 19.5 Å². The molecule has 0 aliphatic heterocycles. The quantitative estimate of drug-likeness (QED) is 0.537. The van der Waals surface area contributed by atoms with Gasteiger partial charge in [0, 0.05) is 17.7 Å². The first-order chi connectivity index (χ1) is 13.9. The van der Waals surface area contributed by atoms with Gasteiger partial charge in [0.2, 0.25) is 0 Å². The van der Waals surface area contributed by atoms with Crippen LogP contribution in [0.5, 0.6) is 17.2 Å². The maximum atomic E-state index is 13.6. The Balaban J connectivity index is 2.05. The molecule has 0 radical (unpaired) electrons. The minimum atomic E-state index is -1.13. The lowest BCUT2D eigenvalue weighted by Crippen LogP contribution is -2.29. The monoisotopic (exact) mass is 403 g/mol. The fraction of sp³-hybridized carbons (Fsp3) is 0.238. The Morgan fingerprint density at radius 2 is 1.62 bits per heavy atom. The molecule has 154 valence electrons. The van der Waals surface area contributed by atoms with Gasteiger partial charge in [0.25, 0.3) is 5.91 Å². The SMILES string of the molecule is COc1cc(OC)c(OC)cc1/C=C/C(=O)OC(C)C(=O)Nc1ccccc1F. The van der Waals surface area contributed by atoms with Gasteiger partial charge in [-0.05, 0) is 31.2 Å². The number of para-hydroxylation sites is 1. The van der Waals surface area contributed by atoms with Crippen LogP contribution in [0.4, 0.5) is 10.1 Å². The zero-order chi connectivity index (χ0) is 21.4. The van der Waals surface area contributed by atoms with Crippen molar-refractivity contribution in [2.24, 2.45) is 0 Å². The summed E-state index contributed by atoms with van der Waals surface area (Å²) >= 11 is 0. The molecule has 0 aliphatic carbocycles. The van der Waals surface area contributed by atoms with Gasteiger partial charge >= 0.3 is 5.97 Å². The minimum Gasteiger partial charge on any atom is -0.496 e. The maximum absolute atomic E-state index is 13.6. The Labute approximate surface area is 168 Å². The van der Waals surface area contributed by atoms with Crippen LogP contribution in [-0.4, -0.2) is 39.3 Å². The zero-order valence-electron chi connectivity index (χ0n) is 16.5. The second kappa shape index (κ2) is 10.1. The number of methoxy groups -OCH3 is 3. The standard InChI is InChI=1S/C21H22FNO6/c1-13(21(25)23-16-8-6-5-7-15(16)22)29-20(24)10-9-14-11-18(27-3)19(28-4)12-17(14)26-2/h5-13H,1-4H3,(H,23,25)/b10-9+. The van der Waals surface area contributed by atoms with Crippen LogP contribution in [0.1, 0.15) is 12.5 Å². The summed E-state index contributed by atoms with van der Waals surface area (Å²) in [6.45, 7) is 1.39. The second-order valence-electron chi connectivity index (χ2n) is 5.83. The summed E-state index contributed by atoms with van der Waals surface area (Å²) in [6, 6.07) is 8.96. The molecule has 0 fully saturated rings. The highest BCUT2D eigenvalue weighted by atomic mass is 19.1. The number of benzene rings is 2. The molecule has 2 aromatic rings. The third kappa shape index (κ3) is 5.71. The molecule has 1 unspecified atom stereocenters. The first-order valence-corrected chi connectivity index (χ1v) is 8.63. The Hall–Kier alpha value is -3.55. The molecular formula is C21H22FNO6. The molecule has 29 heavy (non-hydrogen) atoms. The number of nitrogens with one attached hydrogen (secondary N) is 1. The van der Waals surface area contributed by atoms with E-state index in [4.69, 9.17) is 18.9 Å². The number of carbonyl (C=O) groups excluding carboxylic acids is 2. The van der Waals surface area contributed by atoms with Gasteiger partial charge < -0.3 is 24.3 Å². The van der Waals surface area contributed by atoms with Crippen LogP contribution in [0.2, 0.25) is 0 Å². The van der Waals surface area contributed by atoms with Crippen molar-refractivity contribution < 1.29 is 32.9 Å². The molecule has 0 spiro atoms. The molecular weight excluding hydrogens is 381 g/mol. The Bertz CT molecular complexity index is 912. The number of carbonyl (C=O) groups is 2. The number of hydrogen-bond donors (Lipinski definition) is 1. The van der Waals surface area contributed by atoms with E-state index in [0.717, 1.165) is 6.08 Å². The minimum absolute atomic E-state index is 0.00556. The molecule has 1 atom stereocenters. The van der Waals surface area contributed by atoms with Crippen molar-refractivity contribution in [3.8, 4) is 17.2 Å². The highest BCUT2D eigenvalue weighted by molar-refractivity contribution is 5.96. The van der Waals surface area contributed by atoms with E-state index < -0.39 is 23.8 Å². The summed E-state index contributed by atoms with van der Waals surface area (Å²) in [6.07, 6.45) is 1.49. The van der Waals surface area contributed by atoms with Crippen molar-refractivity contribution in [2.45, 2.75) is 13.0 Å². The van der Waals surface area contributed by atoms with Gasteiger partial charge in [0.15, 0.2) is 17.6 Å². The summed E-state index contributed by atoms with van der Waals surface area (Å²) in [5, 5.41) is 2.37. The molecule has 0 heterocycles. The third-order valence-electron chi connectivity index (χ3n) is 3.93. The van der Waals surface area contributed by atoms with Gasteiger partial charge in [-0.3, -0.25) is 4.79 Å². The van der Waals surface area contributed by atoms with Crippen LogP contribution in [0.3, 0.4) is 0 Å². The number of hydrogen-bond acceptors (Lipinski definition) is 6. The largest absolute Gasteiger partial charge is 0.496 e. The summed E-state index contributed by atoms with van der Waals surface area (Å²) in [4.78, 5) is 24.2. The van der Waals surface area contributed by atoms with E-state index in [9.17, 15) is 14.0 Å². The van der Waals surface area contributed by atoms with E-state index in [2.05, 4.69) is 5.32 Å². The zero-order valence-corrected chi connectivity index (χ0v) is 16.5. The predicted molar refractivity (Wildman–Crippen MR) is 106 cm³/mol. The van der Waals surface area contributed by atoms with E-state index in [1.807, 2.05) is 0 Å². The molecule has 0 saturated heterocycles. The molecule has 0 saturated carbocycles. The number of ether oxygens (including phenoxy) is 4. The fourth-order valence-corrected chi connectivity index (χ4v) is 2.40. The number of rotatable bonds is 8. The summed E-state index contributed by atoms with van der Waals surface area (Å²) < 4.78 is 34.4. The van der Waals surface area contributed by atoms with Crippen molar-refractivity contribution in [1.82, 2.24) is 0 Å². The van der Waals surface area contributed by atoms with E-state index in [1.54, 1.807) is 18.2 Å². The molecule has 1 amide bonds.